The molecule has 0 atom stereocenters. The van der Waals surface area contributed by atoms with Gasteiger partial charge in [0.2, 0.25) is 10.0 Å². The SMILES string of the molecule is O=S(=O)(C1COC1)N1CC(O)C1. The van der Waals surface area contributed by atoms with E-state index >= 15 is 0 Å². The number of aliphatic hydroxyl groups is 1. The fourth-order valence-electron chi connectivity index (χ4n) is 1.22. The zero-order chi connectivity index (χ0) is 8.77. The minimum atomic E-state index is -3.15. The van der Waals surface area contributed by atoms with Gasteiger partial charge < -0.3 is 9.84 Å². The van der Waals surface area contributed by atoms with Crippen LogP contribution in [0.1, 0.15) is 0 Å². The fourth-order valence-corrected chi connectivity index (χ4v) is 2.94. The van der Waals surface area contributed by atoms with E-state index in [1.807, 2.05) is 0 Å². The zero-order valence-electron chi connectivity index (χ0n) is 6.51. The van der Waals surface area contributed by atoms with Crippen LogP contribution in [0.4, 0.5) is 0 Å². The van der Waals surface area contributed by atoms with Gasteiger partial charge in [-0.2, -0.15) is 4.31 Å². The molecule has 0 aromatic rings. The van der Waals surface area contributed by atoms with E-state index < -0.39 is 16.1 Å². The van der Waals surface area contributed by atoms with E-state index in [-0.39, 0.29) is 18.3 Å². The van der Waals surface area contributed by atoms with Crippen LogP contribution in [0.3, 0.4) is 0 Å². The molecule has 2 aliphatic heterocycles. The molecule has 5 nitrogen and oxygen atoms in total. The summed E-state index contributed by atoms with van der Waals surface area (Å²) in [6.45, 7) is 1.10. The van der Waals surface area contributed by atoms with Gasteiger partial charge in [-0.3, -0.25) is 0 Å². The van der Waals surface area contributed by atoms with Crippen LogP contribution < -0.4 is 0 Å². The lowest BCUT2D eigenvalue weighted by Crippen LogP contribution is -2.59. The van der Waals surface area contributed by atoms with Crippen molar-refractivity contribution in [1.29, 1.82) is 0 Å². The summed E-state index contributed by atoms with van der Waals surface area (Å²) < 4.78 is 29.1. The Morgan fingerprint density at radius 1 is 1.33 bits per heavy atom. The second-order valence-corrected chi connectivity index (χ2v) is 5.39. The highest BCUT2D eigenvalue weighted by Crippen LogP contribution is 2.21. The third kappa shape index (κ3) is 1.15. The van der Waals surface area contributed by atoms with Crippen molar-refractivity contribution in [1.82, 2.24) is 4.31 Å². The maximum atomic E-state index is 11.5. The molecule has 0 radical (unpaired) electrons. The van der Waals surface area contributed by atoms with Gasteiger partial charge in [-0.05, 0) is 0 Å². The summed E-state index contributed by atoms with van der Waals surface area (Å²) in [4.78, 5) is 0. The van der Waals surface area contributed by atoms with Gasteiger partial charge in [0, 0.05) is 13.1 Å². The molecule has 6 heteroatoms. The Hall–Kier alpha value is -0.170. The van der Waals surface area contributed by atoms with E-state index in [0.29, 0.717) is 13.2 Å². The molecule has 0 aromatic heterocycles. The largest absolute Gasteiger partial charge is 0.390 e. The first-order chi connectivity index (χ1) is 5.60. The standard InChI is InChI=1S/C6H11NO4S/c8-5-1-7(2-5)12(9,10)6-3-11-4-6/h5-6,8H,1-4H2. The van der Waals surface area contributed by atoms with E-state index in [2.05, 4.69) is 0 Å². The lowest BCUT2D eigenvalue weighted by Gasteiger charge is -2.39. The smallest absolute Gasteiger partial charge is 0.221 e. The number of sulfonamides is 1. The zero-order valence-corrected chi connectivity index (χ0v) is 7.33. The van der Waals surface area contributed by atoms with Crippen molar-refractivity contribution in [2.45, 2.75) is 11.4 Å². The minimum Gasteiger partial charge on any atom is -0.390 e. The lowest BCUT2D eigenvalue weighted by molar-refractivity contribution is 0.0257. The van der Waals surface area contributed by atoms with E-state index in [1.165, 1.54) is 4.31 Å². The third-order valence-corrected chi connectivity index (χ3v) is 4.35. The van der Waals surface area contributed by atoms with Gasteiger partial charge in [-0.1, -0.05) is 0 Å². The molecule has 2 rings (SSSR count). The highest BCUT2D eigenvalue weighted by Gasteiger charge is 2.42. The normalized spacial score (nSPS) is 28.1. The Morgan fingerprint density at radius 3 is 2.25 bits per heavy atom. The van der Waals surface area contributed by atoms with E-state index in [4.69, 9.17) is 9.84 Å². The van der Waals surface area contributed by atoms with Crippen LogP contribution in [0.25, 0.3) is 0 Å². The number of β-amino-alcohol motifs (C(OH)–C–C–N with tert-alkyl or cyclic N) is 1. The Morgan fingerprint density at radius 2 is 1.92 bits per heavy atom. The van der Waals surface area contributed by atoms with Gasteiger partial charge in [-0.25, -0.2) is 8.42 Å². The van der Waals surface area contributed by atoms with Crippen LogP contribution in [0.15, 0.2) is 0 Å². The molecule has 1 N–H and O–H groups in total. The Labute approximate surface area is 71.0 Å². The molecule has 2 fully saturated rings. The predicted molar refractivity (Wildman–Crippen MR) is 41.1 cm³/mol. The average Bonchev–Trinajstić information content (AvgIpc) is 1.75. The topological polar surface area (TPSA) is 66.8 Å². The first-order valence-corrected chi connectivity index (χ1v) is 5.36. The van der Waals surface area contributed by atoms with Gasteiger partial charge in [0.05, 0.1) is 19.3 Å². The van der Waals surface area contributed by atoms with Crippen LogP contribution in [0.2, 0.25) is 0 Å². The Balaban J connectivity index is 2.01. The van der Waals surface area contributed by atoms with Gasteiger partial charge >= 0.3 is 0 Å². The summed E-state index contributed by atoms with van der Waals surface area (Å²) in [5.41, 5.74) is 0. The molecular formula is C6H11NO4S. The van der Waals surface area contributed by atoms with Crippen LogP contribution in [0.5, 0.6) is 0 Å². The molecule has 12 heavy (non-hydrogen) atoms. The third-order valence-electron chi connectivity index (χ3n) is 2.22. The van der Waals surface area contributed by atoms with Crippen molar-refractivity contribution in [3.63, 3.8) is 0 Å². The monoisotopic (exact) mass is 193 g/mol. The summed E-state index contributed by atoms with van der Waals surface area (Å²) >= 11 is 0. The number of rotatable bonds is 2. The fraction of sp³-hybridized carbons (Fsp3) is 1.00. The van der Waals surface area contributed by atoms with E-state index in [1.54, 1.807) is 0 Å². The molecule has 2 aliphatic rings. The van der Waals surface area contributed by atoms with Crippen molar-refractivity contribution < 1.29 is 18.3 Å². The number of hydrogen-bond acceptors (Lipinski definition) is 4. The molecule has 0 saturated carbocycles. The Kier molecular flexibility index (Phi) is 1.87. The maximum Gasteiger partial charge on any atom is 0.221 e. The number of hydrogen-bond donors (Lipinski definition) is 1. The van der Waals surface area contributed by atoms with Crippen LogP contribution >= 0.6 is 0 Å². The average molecular weight is 193 g/mol. The number of aliphatic hydroxyl groups excluding tert-OH is 1. The molecule has 0 aliphatic carbocycles. The second-order valence-electron chi connectivity index (χ2n) is 3.18. The van der Waals surface area contributed by atoms with Gasteiger partial charge in [-0.15, -0.1) is 0 Å². The summed E-state index contributed by atoms with van der Waals surface area (Å²) in [6.07, 6.45) is -0.472. The Bertz CT molecular complexity index is 265. The number of ether oxygens (including phenoxy) is 1. The van der Waals surface area contributed by atoms with Gasteiger partial charge in [0.15, 0.2) is 0 Å². The van der Waals surface area contributed by atoms with E-state index in [9.17, 15) is 8.42 Å². The summed E-state index contributed by atoms with van der Waals surface area (Å²) in [6, 6.07) is 0. The molecule has 0 bridgehead atoms. The molecule has 0 unspecified atom stereocenters. The van der Waals surface area contributed by atoms with Crippen molar-refractivity contribution in [3.8, 4) is 0 Å². The molecule has 2 saturated heterocycles. The van der Waals surface area contributed by atoms with Crippen molar-refractivity contribution >= 4 is 10.0 Å². The summed E-state index contributed by atoms with van der Waals surface area (Å²) in [5.74, 6) is 0. The first kappa shape index (κ1) is 8.43. The molecular weight excluding hydrogens is 182 g/mol. The highest BCUT2D eigenvalue weighted by atomic mass is 32.2. The van der Waals surface area contributed by atoms with Crippen molar-refractivity contribution in [2.75, 3.05) is 26.3 Å². The predicted octanol–water partition coefficient (Wildman–Crippen LogP) is -1.61. The number of nitrogens with zero attached hydrogens (tertiary/aromatic N) is 1. The quantitative estimate of drug-likeness (QED) is 0.573. The molecule has 0 aromatic carbocycles. The van der Waals surface area contributed by atoms with Crippen molar-refractivity contribution in [2.24, 2.45) is 0 Å². The minimum absolute atomic E-state index is 0.249. The van der Waals surface area contributed by atoms with Gasteiger partial charge in [0.25, 0.3) is 0 Å². The summed E-state index contributed by atoms with van der Waals surface area (Å²) in [5, 5.41) is 8.55. The molecule has 0 amide bonds. The second kappa shape index (κ2) is 2.66. The first-order valence-electron chi connectivity index (χ1n) is 3.85. The summed E-state index contributed by atoms with van der Waals surface area (Å²) in [7, 11) is -3.15. The van der Waals surface area contributed by atoms with Crippen LogP contribution in [0, 0.1) is 0 Å². The van der Waals surface area contributed by atoms with Crippen molar-refractivity contribution in [3.05, 3.63) is 0 Å². The highest BCUT2D eigenvalue weighted by molar-refractivity contribution is 7.89. The van der Waals surface area contributed by atoms with Gasteiger partial charge in [0.1, 0.15) is 5.25 Å². The van der Waals surface area contributed by atoms with Crippen LogP contribution in [-0.4, -0.2) is 55.5 Å². The van der Waals surface area contributed by atoms with Crippen LogP contribution in [-0.2, 0) is 14.8 Å². The molecule has 70 valence electrons. The maximum absolute atomic E-state index is 11.5. The molecule has 2 heterocycles. The molecule has 0 spiro atoms. The lowest BCUT2D eigenvalue weighted by atomic mass is 10.2. The van der Waals surface area contributed by atoms with E-state index in [0.717, 1.165) is 0 Å².